The summed E-state index contributed by atoms with van der Waals surface area (Å²) in [5.74, 6) is 0.0833. The lowest BCUT2D eigenvalue weighted by Gasteiger charge is -2.40. The molecule has 1 fully saturated rings. The molecule has 0 spiro atoms. The molecule has 0 saturated heterocycles. The Bertz CT molecular complexity index is 427. The van der Waals surface area contributed by atoms with Crippen LogP contribution in [0.2, 0.25) is 0 Å². The number of hydrogen-bond acceptors (Lipinski definition) is 1. The van der Waals surface area contributed by atoms with Crippen LogP contribution in [0.3, 0.4) is 0 Å². The van der Waals surface area contributed by atoms with Crippen molar-refractivity contribution in [3.63, 3.8) is 0 Å². The van der Waals surface area contributed by atoms with Crippen LogP contribution in [0.4, 0.5) is 4.39 Å². The number of nitrogens with two attached hydrogens (primary N) is 1. The average Bonchev–Trinajstić information content (AvgIpc) is 2.21. The van der Waals surface area contributed by atoms with E-state index in [0.717, 1.165) is 36.0 Å². The van der Waals surface area contributed by atoms with E-state index in [1.54, 1.807) is 6.07 Å². The van der Waals surface area contributed by atoms with E-state index in [9.17, 15) is 4.39 Å². The molecule has 1 aliphatic carbocycles. The zero-order valence-electron chi connectivity index (χ0n) is 11.9. The van der Waals surface area contributed by atoms with Crippen LogP contribution >= 0.6 is 0 Å². The van der Waals surface area contributed by atoms with Gasteiger partial charge in [0.05, 0.1) is 0 Å². The second-order valence-corrected chi connectivity index (χ2v) is 6.65. The largest absolute Gasteiger partial charge is 0.327 e. The summed E-state index contributed by atoms with van der Waals surface area (Å²) in [6.45, 7) is 8.45. The molecular weight excluding hydrogens is 225 g/mol. The van der Waals surface area contributed by atoms with Crippen molar-refractivity contribution >= 4 is 0 Å². The number of rotatable bonds is 1. The first kappa shape index (κ1) is 13.5. The first-order chi connectivity index (χ1) is 8.30. The molecule has 0 bridgehead atoms. The first-order valence-electron chi connectivity index (χ1n) is 6.82. The van der Waals surface area contributed by atoms with Gasteiger partial charge in [0.1, 0.15) is 5.82 Å². The highest BCUT2D eigenvalue weighted by Gasteiger charge is 2.35. The summed E-state index contributed by atoms with van der Waals surface area (Å²) in [5.41, 5.74) is 9.39. The molecule has 0 amide bonds. The van der Waals surface area contributed by atoms with Gasteiger partial charge in [-0.3, -0.25) is 0 Å². The second kappa shape index (κ2) is 4.65. The van der Waals surface area contributed by atoms with Gasteiger partial charge in [-0.2, -0.15) is 0 Å². The zero-order chi connectivity index (χ0) is 13.5. The Kier molecular flexibility index (Phi) is 3.50. The monoisotopic (exact) mass is 249 g/mol. The quantitative estimate of drug-likeness (QED) is 0.798. The van der Waals surface area contributed by atoms with E-state index in [0.29, 0.717) is 0 Å². The van der Waals surface area contributed by atoms with Gasteiger partial charge in [0.2, 0.25) is 0 Å². The van der Waals surface area contributed by atoms with Crippen molar-refractivity contribution in [1.82, 2.24) is 0 Å². The molecule has 1 aromatic carbocycles. The summed E-state index contributed by atoms with van der Waals surface area (Å²) in [6.07, 6.45) is 3.11. The third-order valence-electron chi connectivity index (χ3n) is 4.30. The van der Waals surface area contributed by atoms with Crippen molar-refractivity contribution in [2.45, 2.75) is 58.9 Å². The molecule has 1 nitrogen and oxygen atoms in total. The van der Waals surface area contributed by atoms with Crippen LogP contribution in [-0.4, -0.2) is 6.04 Å². The molecule has 1 saturated carbocycles. The van der Waals surface area contributed by atoms with Crippen LogP contribution in [-0.2, 0) is 0 Å². The van der Waals surface area contributed by atoms with E-state index in [4.69, 9.17) is 5.73 Å². The van der Waals surface area contributed by atoms with E-state index < -0.39 is 0 Å². The van der Waals surface area contributed by atoms with Crippen molar-refractivity contribution < 1.29 is 4.39 Å². The van der Waals surface area contributed by atoms with Gasteiger partial charge in [-0.15, -0.1) is 0 Å². The van der Waals surface area contributed by atoms with Crippen LogP contribution in [0.25, 0.3) is 0 Å². The first-order valence-corrected chi connectivity index (χ1v) is 6.82. The fourth-order valence-electron chi connectivity index (χ4n) is 3.32. The van der Waals surface area contributed by atoms with Crippen LogP contribution in [0.5, 0.6) is 0 Å². The molecule has 0 heterocycles. The zero-order valence-corrected chi connectivity index (χ0v) is 11.9. The molecule has 2 N–H and O–H groups in total. The van der Waals surface area contributed by atoms with Gasteiger partial charge in [-0.25, -0.2) is 4.39 Å². The van der Waals surface area contributed by atoms with Crippen LogP contribution in [0.15, 0.2) is 12.1 Å². The van der Waals surface area contributed by atoms with E-state index in [2.05, 4.69) is 19.9 Å². The Morgan fingerprint density at radius 1 is 1.28 bits per heavy atom. The molecule has 0 aromatic heterocycles. The molecule has 1 aliphatic rings. The third kappa shape index (κ3) is 2.59. The lowest BCUT2D eigenvalue weighted by atomic mass is 9.67. The van der Waals surface area contributed by atoms with Gasteiger partial charge in [0.25, 0.3) is 0 Å². The minimum absolute atomic E-state index is 0.0781. The number of halogens is 1. The van der Waals surface area contributed by atoms with Gasteiger partial charge in [-0.1, -0.05) is 19.9 Å². The average molecular weight is 249 g/mol. The molecule has 2 heteroatoms. The van der Waals surface area contributed by atoms with Crippen LogP contribution in [0, 0.1) is 25.1 Å². The van der Waals surface area contributed by atoms with E-state index in [1.165, 1.54) is 0 Å². The summed E-state index contributed by atoms with van der Waals surface area (Å²) >= 11 is 0. The predicted molar refractivity (Wildman–Crippen MR) is 74.2 cm³/mol. The topological polar surface area (TPSA) is 26.0 Å². The lowest BCUT2D eigenvalue weighted by Crippen LogP contribution is -2.38. The molecule has 2 atom stereocenters. The van der Waals surface area contributed by atoms with E-state index in [-0.39, 0.29) is 23.2 Å². The third-order valence-corrected chi connectivity index (χ3v) is 4.30. The van der Waals surface area contributed by atoms with Crippen molar-refractivity contribution in [3.8, 4) is 0 Å². The lowest BCUT2D eigenvalue weighted by molar-refractivity contribution is 0.196. The molecule has 100 valence electrons. The van der Waals surface area contributed by atoms with Gasteiger partial charge in [0, 0.05) is 12.0 Å². The fourth-order valence-corrected chi connectivity index (χ4v) is 3.32. The van der Waals surface area contributed by atoms with Crippen LogP contribution < -0.4 is 5.73 Å². The standard InChI is InChI=1S/C16H24FN/c1-10-7-11(2)15(13(17)8-10)12-9-16(3,4)6-5-14(12)18/h7-8,12,14H,5-6,9,18H2,1-4H3. The molecule has 2 rings (SSSR count). The SMILES string of the molecule is Cc1cc(C)c(C2CC(C)(C)CCC2N)c(F)c1. The normalized spacial score (nSPS) is 27.2. The predicted octanol–water partition coefficient (Wildman–Crippen LogP) is 4.06. The molecular formula is C16H24FN. The minimum atomic E-state index is -0.0781. The Labute approximate surface area is 110 Å². The summed E-state index contributed by atoms with van der Waals surface area (Å²) in [4.78, 5) is 0. The van der Waals surface area contributed by atoms with Gasteiger partial charge in [0.15, 0.2) is 0 Å². The molecule has 2 unspecified atom stereocenters. The number of benzene rings is 1. The van der Waals surface area contributed by atoms with Crippen molar-refractivity contribution in [3.05, 3.63) is 34.6 Å². The summed E-state index contributed by atoms with van der Waals surface area (Å²) < 4.78 is 14.3. The Hall–Kier alpha value is -0.890. The van der Waals surface area contributed by atoms with Crippen molar-refractivity contribution in [1.29, 1.82) is 0 Å². The fraction of sp³-hybridized carbons (Fsp3) is 0.625. The maximum absolute atomic E-state index is 14.3. The molecule has 1 aromatic rings. The Morgan fingerprint density at radius 3 is 2.56 bits per heavy atom. The van der Waals surface area contributed by atoms with Crippen LogP contribution in [0.1, 0.15) is 55.7 Å². The highest BCUT2D eigenvalue weighted by molar-refractivity contribution is 5.36. The highest BCUT2D eigenvalue weighted by Crippen LogP contribution is 2.44. The smallest absolute Gasteiger partial charge is 0.127 e. The maximum Gasteiger partial charge on any atom is 0.127 e. The van der Waals surface area contributed by atoms with Crippen molar-refractivity contribution in [2.24, 2.45) is 11.1 Å². The summed E-state index contributed by atoms with van der Waals surface area (Å²) in [7, 11) is 0. The van der Waals surface area contributed by atoms with E-state index in [1.807, 2.05) is 13.8 Å². The minimum Gasteiger partial charge on any atom is -0.327 e. The molecule has 0 aliphatic heterocycles. The number of aryl methyl sites for hydroxylation is 2. The highest BCUT2D eigenvalue weighted by atomic mass is 19.1. The Balaban J connectivity index is 2.41. The van der Waals surface area contributed by atoms with Gasteiger partial charge >= 0.3 is 0 Å². The molecule has 0 radical (unpaired) electrons. The Morgan fingerprint density at radius 2 is 1.94 bits per heavy atom. The van der Waals surface area contributed by atoms with Gasteiger partial charge < -0.3 is 5.73 Å². The molecule has 18 heavy (non-hydrogen) atoms. The summed E-state index contributed by atoms with van der Waals surface area (Å²) in [6, 6.07) is 3.79. The van der Waals surface area contributed by atoms with E-state index >= 15 is 0 Å². The van der Waals surface area contributed by atoms with Gasteiger partial charge in [-0.05, 0) is 61.3 Å². The summed E-state index contributed by atoms with van der Waals surface area (Å²) in [5, 5.41) is 0. The second-order valence-electron chi connectivity index (χ2n) is 6.65. The van der Waals surface area contributed by atoms with Crippen molar-refractivity contribution in [2.75, 3.05) is 0 Å². The maximum atomic E-state index is 14.3. The number of hydrogen-bond donors (Lipinski definition) is 1.